The molecule has 2 N–H and O–H groups in total. The molecule has 0 saturated carbocycles. The molecule has 8 nitrogen and oxygen atoms in total. The van der Waals surface area contributed by atoms with Gasteiger partial charge < -0.3 is 19.9 Å². The minimum absolute atomic E-state index is 0.0432. The lowest BCUT2D eigenvalue weighted by molar-refractivity contribution is -0.139. The first-order valence-corrected chi connectivity index (χ1v) is 9.88. The van der Waals surface area contributed by atoms with Crippen LogP contribution in [0.3, 0.4) is 0 Å². The Morgan fingerprint density at radius 3 is 2.27 bits per heavy atom. The van der Waals surface area contributed by atoms with Gasteiger partial charge in [-0.2, -0.15) is 0 Å². The molecule has 0 heterocycles. The molecule has 0 aliphatic rings. The van der Waals surface area contributed by atoms with Gasteiger partial charge in [0, 0.05) is 13.3 Å². The Kier molecular flexibility index (Phi) is 8.89. The molecule has 0 aromatic heterocycles. The lowest BCUT2D eigenvalue weighted by atomic mass is 10.1. The molecule has 0 spiro atoms. The molecule has 2 aromatic carbocycles. The molecule has 1 amide bonds. The smallest absolute Gasteiger partial charge is 0.479 e. The molecule has 158 valence electrons. The standard InChI is InChI=1S/C21H21NO7S/c1-14(23)30-19(20(25)26)22-18(24)12-9-15-7-10-17(11-8-15)29-21(27)28-13-16-5-3-2-4-6-16/h2-8,10-11,19H,9,12-13H2,1H3,(H,22,24)(H,25,26). The Balaban J connectivity index is 1.77. The van der Waals surface area contributed by atoms with Crippen LogP contribution >= 0.6 is 11.8 Å². The SMILES string of the molecule is CC(=O)SC(NC(=O)CCc1ccc(OC(=O)OCc2ccccc2)cc1)C(=O)O. The zero-order valence-corrected chi connectivity index (χ0v) is 17.0. The number of carbonyl (C=O) groups is 4. The molecule has 1 unspecified atom stereocenters. The van der Waals surface area contributed by atoms with Crippen LogP contribution in [0.5, 0.6) is 5.75 Å². The van der Waals surface area contributed by atoms with Crippen LogP contribution < -0.4 is 10.1 Å². The van der Waals surface area contributed by atoms with Gasteiger partial charge in [0.25, 0.3) is 0 Å². The summed E-state index contributed by atoms with van der Waals surface area (Å²) in [6, 6.07) is 15.7. The van der Waals surface area contributed by atoms with E-state index < -0.39 is 28.5 Å². The highest BCUT2D eigenvalue weighted by atomic mass is 32.2. The molecule has 2 rings (SSSR count). The topological polar surface area (TPSA) is 119 Å². The molecule has 0 aliphatic carbocycles. The number of aryl methyl sites for hydroxylation is 1. The molecule has 0 aliphatic heterocycles. The predicted molar refractivity (Wildman–Crippen MR) is 110 cm³/mol. The van der Waals surface area contributed by atoms with Crippen LogP contribution in [-0.2, 0) is 32.1 Å². The van der Waals surface area contributed by atoms with Crippen LogP contribution in [-0.4, -0.2) is 33.6 Å². The van der Waals surface area contributed by atoms with Crippen molar-refractivity contribution in [2.45, 2.75) is 31.7 Å². The number of nitrogens with one attached hydrogen (secondary N) is 1. The third-order valence-electron chi connectivity index (χ3n) is 3.76. The second-order valence-electron chi connectivity index (χ2n) is 6.17. The fourth-order valence-corrected chi connectivity index (χ4v) is 2.97. The van der Waals surface area contributed by atoms with Gasteiger partial charge in [-0.15, -0.1) is 0 Å². The van der Waals surface area contributed by atoms with E-state index in [2.05, 4.69) is 5.32 Å². The summed E-state index contributed by atoms with van der Waals surface area (Å²) in [7, 11) is 0. The Labute approximate surface area is 177 Å². The van der Waals surface area contributed by atoms with Gasteiger partial charge in [0.2, 0.25) is 5.91 Å². The van der Waals surface area contributed by atoms with Crippen LogP contribution in [0.1, 0.15) is 24.5 Å². The maximum atomic E-state index is 11.9. The Morgan fingerprint density at radius 1 is 1.00 bits per heavy atom. The number of carbonyl (C=O) groups excluding carboxylic acids is 3. The molecular weight excluding hydrogens is 410 g/mol. The fourth-order valence-electron chi connectivity index (χ4n) is 2.35. The molecule has 2 aromatic rings. The van der Waals surface area contributed by atoms with E-state index in [1.807, 2.05) is 30.3 Å². The van der Waals surface area contributed by atoms with Gasteiger partial charge >= 0.3 is 12.1 Å². The van der Waals surface area contributed by atoms with Crippen molar-refractivity contribution in [1.29, 1.82) is 0 Å². The van der Waals surface area contributed by atoms with E-state index in [9.17, 15) is 19.2 Å². The highest BCUT2D eigenvalue weighted by molar-refractivity contribution is 8.14. The van der Waals surface area contributed by atoms with Crippen molar-refractivity contribution in [1.82, 2.24) is 5.32 Å². The van der Waals surface area contributed by atoms with Gasteiger partial charge in [-0.1, -0.05) is 54.2 Å². The monoisotopic (exact) mass is 431 g/mol. The summed E-state index contributed by atoms with van der Waals surface area (Å²) < 4.78 is 10.1. The van der Waals surface area contributed by atoms with Crippen LogP contribution in [0.15, 0.2) is 54.6 Å². The number of amides is 1. The highest BCUT2D eigenvalue weighted by Crippen LogP contribution is 2.15. The van der Waals surface area contributed by atoms with Crippen LogP contribution in [0, 0.1) is 0 Å². The molecule has 0 saturated heterocycles. The zero-order valence-electron chi connectivity index (χ0n) is 16.2. The molecule has 0 radical (unpaired) electrons. The predicted octanol–water partition coefficient (Wildman–Crippen LogP) is 3.14. The van der Waals surface area contributed by atoms with E-state index in [-0.39, 0.29) is 13.0 Å². The van der Waals surface area contributed by atoms with Crippen molar-refractivity contribution in [3.63, 3.8) is 0 Å². The van der Waals surface area contributed by atoms with Crippen molar-refractivity contribution in [2.75, 3.05) is 0 Å². The first-order chi connectivity index (χ1) is 14.3. The van der Waals surface area contributed by atoms with Crippen LogP contribution in [0.4, 0.5) is 4.79 Å². The summed E-state index contributed by atoms with van der Waals surface area (Å²) in [5.74, 6) is -1.48. The summed E-state index contributed by atoms with van der Waals surface area (Å²) in [5, 5.41) is 9.61. The largest absolute Gasteiger partial charge is 0.514 e. The van der Waals surface area contributed by atoms with Gasteiger partial charge in [0.1, 0.15) is 12.4 Å². The average Bonchev–Trinajstić information content (AvgIpc) is 2.71. The van der Waals surface area contributed by atoms with Crippen molar-refractivity contribution in [3.05, 3.63) is 65.7 Å². The summed E-state index contributed by atoms with van der Waals surface area (Å²) in [4.78, 5) is 45.8. The second kappa shape index (κ2) is 11.6. The van der Waals surface area contributed by atoms with Gasteiger partial charge in [-0.3, -0.25) is 9.59 Å². The normalized spacial score (nSPS) is 11.2. The molecule has 1 atom stereocenters. The lowest BCUT2D eigenvalue weighted by Crippen LogP contribution is -2.39. The molecule has 9 heteroatoms. The number of rotatable bonds is 9. The van der Waals surface area contributed by atoms with E-state index in [1.54, 1.807) is 24.3 Å². The number of ether oxygens (including phenoxy) is 2. The maximum Gasteiger partial charge on any atom is 0.514 e. The van der Waals surface area contributed by atoms with Crippen molar-refractivity contribution in [3.8, 4) is 5.75 Å². The Hall–Kier alpha value is -3.33. The molecule has 0 fully saturated rings. The van der Waals surface area contributed by atoms with E-state index in [4.69, 9.17) is 14.6 Å². The highest BCUT2D eigenvalue weighted by Gasteiger charge is 2.22. The van der Waals surface area contributed by atoms with E-state index in [1.165, 1.54) is 6.92 Å². The van der Waals surface area contributed by atoms with Crippen LogP contribution in [0.2, 0.25) is 0 Å². The first-order valence-electron chi connectivity index (χ1n) is 9.00. The quantitative estimate of drug-likeness (QED) is 0.353. The van der Waals surface area contributed by atoms with E-state index in [0.717, 1.165) is 11.1 Å². The van der Waals surface area contributed by atoms with Gasteiger partial charge in [-0.05, 0) is 29.7 Å². The minimum atomic E-state index is -1.31. The molecule has 0 bridgehead atoms. The summed E-state index contributed by atoms with van der Waals surface area (Å²) >= 11 is 0.537. The number of aliphatic carboxylic acids is 1. The summed E-state index contributed by atoms with van der Waals surface area (Å²) in [5.41, 5.74) is 1.64. The number of thioether (sulfide) groups is 1. The molecular formula is C21H21NO7S. The number of carboxylic acids is 1. The minimum Gasteiger partial charge on any atom is -0.479 e. The number of benzene rings is 2. The van der Waals surface area contributed by atoms with E-state index in [0.29, 0.717) is 23.9 Å². The number of hydrogen-bond acceptors (Lipinski definition) is 7. The Bertz CT molecular complexity index is 884. The van der Waals surface area contributed by atoms with Gasteiger partial charge in [0.05, 0.1) is 0 Å². The van der Waals surface area contributed by atoms with Crippen molar-refractivity contribution < 1.29 is 33.8 Å². The third kappa shape index (κ3) is 8.36. The first kappa shape index (κ1) is 23.0. The summed E-state index contributed by atoms with van der Waals surface area (Å²) in [6.45, 7) is 1.33. The van der Waals surface area contributed by atoms with Crippen molar-refractivity contribution >= 4 is 34.9 Å². The van der Waals surface area contributed by atoms with Crippen molar-refractivity contribution in [2.24, 2.45) is 0 Å². The zero-order chi connectivity index (χ0) is 21.9. The second-order valence-corrected chi connectivity index (χ2v) is 7.45. The third-order valence-corrected chi connectivity index (χ3v) is 4.65. The number of carboxylic acid groups (broad SMARTS) is 1. The average molecular weight is 431 g/mol. The maximum absolute atomic E-state index is 11.9. The Morgan fingerprint density at radius 2 is 1.67 bits per heavy atom. The lowest BCUT2D eigenvalue weighted by Gasteiger charge is -2.12. The van der Waals surface area contributed by atoms with Gasteiger partial charge in [-0.25, -0.2) is 9.59 Å². The fraction of sp³-hybridized carbons (Fsp3) is 0.238. The molecule has 30 heavy (non-hydrogen) atoms. The number of hydrogen-bond donors (Lipinski definition) is 2. The van der Waals surface area contributed by atoms with E-state index >= 15 is 0 Å². The van der Waals surface area contributed by atoms with Gasteiger partial charge in [0.15, 0.2) is 10.5 Å². The summed E-state index contributed by atoms with van der Waals surface area (Å²) in [6.07, 6.45) is -0.433. The van der Waals surface area contributed by atoms with Crippen LogP contribution in [0.25, 0.3) is 0 Å².